The van der Waals surface area contributed by atoms with E-state index in [9.17, 15) is 14.7 Å². The van der Waals surface area contributed by atoms with Crippen LogP contribution in [-0.2, 0) is 9.59 Å². The minimum absolute atomic E-state index is 0.0533. The maximum Gasteiger partial charge on any atom is 0.300 e. The summed E-state index contributed by atoms with van der Waals surface area (Å²) >= 11 is 9.68. The van der Waals surface area contributed by atoms with Gasteiger partial charge in [0.05, 0.1) is 22.8 Å². The van der Waals surface area contributed by atoms with E-state index >= 15 is 0 Å². The average molecular weight is 514 g/mol. The minimum atomic E-state index is -0.921. The highest BCUT2D eigenvalue weighted by atomic mass is 79.9. The predicted octanol–water partition coefficient (Wildman–Crippen LogP) is 5.44. The number of aryl methyl sites for hydroxylation is 1. The number of nitrogens with zero attached hydrogens (tertiary/aromatic N) is 2. The first kappa shape index (κ1) is 22.0. The van der Waals surface area contributed by atoms with Crippen LogP contribution < -0.4 is 9.64 Å². The van der Waals surface area contributed by atoms with Gasteiger partial charge < -0.3 is 9.84 Å². The number of amides is 1. The smallest absolute Gasteiger partial charge is 0.300 e. The van der Waals surface area contributed by atoms with E-state index in [2.05, 4.69) is 20.9 Å². The summed E-state index contributed by atoms with van der Waals surface area (Å²) in [4.78, 5) is 32.0. The third kappa shape index (κ3) is 3.78. The maximum atomic E-state index is 13.1. The lowest BCUT2D eigenvalue weighted by molar-refractivity contribution is -0.132. The molecular weight excluding hydrogens is 496 g/mol. The summed E-state index contributed by atoms with van der Waals surface area (Å²) in [6.45, 7) is 1.85. The number of anilines is 1. The number of aliphatic hydroxyl groups is 1. The Morgan fingerprint density at radius 3 is 2.56 bits per heavy atom. The van der Waals surface area contributed by atoms with Crippen molar-refractivity contribution < 1.29 is 19.4 Å². The van der Waals surface area contributed by atoms with Gasteiger partial charge in [-0.15, -0.1) is 0 Å². The predicted molar refractivity (Wildman–Crippen MR) is 126 cm³/mol. The molecule has 1 aliphatic heterocycles. The SMILES string of the molecule is COc1ccc(/C(O)=C2\C(=O)C(=O)N(c3ccc(C)c(Cl)c3)C2c2ccccn2)cc1Br. The number of ether oxygens (including phenoxy) is 1. The summed E-state index contributed by atoms with van der Waals surface area (Å²) < 4.78 is 5.83. The molecule has 1 aliphatic rings. The molecule has 2 aromatic carbocycles. The number of ketones is 1. The van der Waals surface area contributed by atoms with Crippen LogP contribution in [0.5, 0.6) is 5.75 Å². The zero-order valence-electron chi connectivity index (χ0n) is 17.2. The van der Waals surface area contributed by atoms with E-state index < -0.39 is 17.7 Å². The van der Waals surface area contributed by atoms with Gasteiger partial charge in [0.2, 0.25) is 0 Å². The van der Waals surface area contributed by atoms with E-state index in [1.54, 1.807) is 60.8 Å². The van der Waals surface area contributed by atoms with Gasteiger partial charge >= 0.3 is 0 Å². The molecule has 1 unspecified atom stereocenters. The molecule has 0 spiro atoms. The number of halogens is 2. The number of carbonyl (C=O) groups is 2. The second kappa shape index (κ2) is 8.76. The molecule has 1 fully saturated rings. The second-order valence-corrected chi connectivity index (χ2v) is 8.47. The van der Waals surface area contributed by atoms with Crippen molar-refractivity contribution in [3.8, 4) is 5.75 Å². The van der Waals surface area contributed by atoms with E-state index in [4.69, 9.17) is 16.3 Å². The van der Waals surface area contributed by atoms with Crippen molar-refractivity contribution in [3.05, 3.63) is 92.7 Å². The van der Waals surface area contributed by atoms with Gasteiger partial charge in [0.15, 0.2) is 0 Å². The van der Waals surface area contributed by atoms with Crippen molar-refractivity contribution in [3.63, 3.8) is 0 Å². The fraction of sp³-hybridized carbons (Fsp3) is 0.125. The number of carbonyl (C=O) groups excluding carboxylic acids is 2. The molecule has 6 nitrogen and oxygen atoms in total. The van der Waals surface area contributed by atoms with Crippen LogP contribution in [0, 0.1) is 6.92 Å². The standard InChI is InChI=1S/C24H18BrClN2O4/c1-13-6-8-15(12-17(13)26)28-21(18-5-3-4-10-27-18)20(23(30)24(28)31)22(29)14-7-9-19(32-2)16(25)11-14/h3-12,21,29H,1-2H3/b22-20+. The van der Waals surface area contributed by atoms with Gasteiger partial charge in [0, 0.05) is 22.5 Å². The van der Waals surface area contributed by atoms with E-state index in [1.807, 2.05) is 6.92 Å². The number of benzene rings is 2. The summed E-state index contributed by atoms with van der Waals surface area (Å²) in [5.41, 5.74) is 2.02. The summed E-state index contributed by atoms with van der Waals surface area (Å²) in [5, 5.41) is 11.6. The quantitative estimate of drug-likeness (QED) is 0.285. The van der Waals surface area contributed by atoms with E-state index in [0.717, 1.165) is 5.56 Å². The van der Waals surface area contributed by atoms with Gasteiger partial charge in [-0.2, -0.15) is 0 Å². The molecule has 1 aromatic heterocycles. The zero-order valence-corrected chi connectivity index (χ0v) is 19.5. The topological polar surface area (TPSA) is 79.7 Å². The first-order chi connectivity index (χ1) is 15.3. The molecule has 8 heteroatoms. The molecule has 0 saturated carbocycles. The summed E-state index contributed by atoms with van der Waals surface area (Å²) in [6.07, 6.45) is 1.57. The summed E-state index contributed by atoms with van der Waals surface area (Å²) in [7, 11) is 1.53. The Kier molecular flexibility index (Phi) is 6.04. The highest BCUT2D eigenvalue weighted by Gasteiger charge is 2.47. The second-order valence-electron chi connectivity index (χ2n) is 7.21. The van der Waals surface area contributed by atoms with Crippen LogP contribution in [0.2, 0.25) is 5.02 Å². The monoisotopic (exact) mass is 512 g/mol. The first-order valence-electron chi connectivity index (χ1n) is 9.65. The third-order valence-corrected chi connectivity index (χ3v) is 6.30. The van der Waals surface area contributed by atoms with Gasteiger partial charge in [-0.25, -0.2) is 0 Å². The van der Waals surface area contributed by atoms with Crippen molar-refractivity contribution in [1.29, 1.82) is 0 Å². The summed E-state index contributed by atoms with van der Waals surface area (Å²) in [6, 6.07) is 14.3. The maximum absolute atomic E-state index is 13.1. The van der Waals surface area contributed by atoms with Crippen LogP contribution >= 0.6 is 27.5 Å². The van der Waals surface area contributed by atoms with Crippen molar-refractivity contribution in [2.75, 3.05) is 12.0 Å². The molecule has 1 amide bonds. The Hall–Kier alpha value is -3.16. The number of Topliss-reactive ketones (excluding diaryl/α,β-unsaturated/α-hetero) is 1. The number of aromatic nitrogens is 1. The minimum Gasteiger partial charge on any atom is -0.507 e. The summed E-state index contributed by atoms with van der Waals surface area (Å²) in [5.74, 6) is -1.31. The van der Waals surface area contributed by atoms with Gasteiger partial charge in [-0.05, 0) is 70.9 Å². The number of hydrogen-bond acceptors (Lipinski definition) is 5. The highest BCUT2D eigenvalue weighted by molar-refractivity contribution is 9.10. The van der Waals surface area contributed by atoms with Crippen LogP contribution in [0.1, 0.15) is 22.9 Å². The van der Waals surface area contributed by atoms with E-state index in [-0.39, 0.29) is 11.3 Å². The zero-order chi connectivity index (χ0) is 23.0. The molecule has 0 radical (unpaired) electrons. The van der Waals surface area contributed by atoms with E-state index in [0.29, 0.717) is 32.2 Å². The van der Waals surface area contributed by atoms with Crippen molar-refractivity contribution in [2.45, 2.75) is 13.0 Å². The Bertz CT molecular complexity index is 1260. The first-order valence-corrected chi connectivity index (χ1v) is 10.8. The molecule has 0 aliphatic carbocycles. The number of rotatable bonds is 4. The number of pyridine rings is 1. The molecule has 4 rings (SSSR count). The molecule has 162 valence electrons. The number of aliphatic hydroxyl groups excluding tert-OH is 1. The molecule has 1 N–H and O–H groups in total. The average Bonchev–Trinajstić information content (AvgIpc) is 3.06. The molecule has 3 aromatic rings. The highest BCUT2D eigenvalue weighted by Crippen LogP contribution is 2.42. The van der Waals surface area contributed by atoms with Crippen LogP contribution in [0.15, 0.2) is 70.8 Å². The van der Waals surface area contributed by atoms with Gasteiger partial charge in [-0.1, -0.05) is 23.7 Å². The molecule has 0 bridgehead atoms. The molecule has 32 heavy (non-hydrogen) atoms. The lowest BCUT2D eigenvalue weighted by atomic mass is 9.98. The Balaban J connectivity index is 1.94. The number of methoxy groups -OCH3 is 1. The molecule has 1 atom stereocenters. The largest absolute Gasteiger partial charge is 0.507 e. The Morgan fingerprint density at radius 1 is 1.16 bits per heavy atom. The van der Waals surface area contributed by atoms with Crippen molar-refractivity contribution in [2.24, 2.45) is 0 Å². The molecule has 1 saturated heterocycles. The lowest BCUT2D eigenvalue weighted by Crippen LogP contribution is -2.29. The Labute approximate surface area is 198 Å². The Morgan fingerprint density at radius 2 is 1.94 bits per heavy atom. The van der Waals surface area contributed by atoms with Crippen molar-refractivity contribution >= 4 is 50.7 Å². The van der Waals surface area contributed by atoms with Gasteiger partial charge in [-0.3, -0.25) is 19.5 Å². The normalized spacial score (nSPS) is 17.6. The van der Waals surface area contributed by atoms with Crippen LogP contribution in [0.25, 0.3) is 5.76 Å². The van der Waals surface area contributed by atoms with Gasteiger partial charge in [0.1, 0.15) is 17.6 Å². The van der Waals surface area contributed by atoms with Crippen LogP contribution in [-0.4, -0.2) is 28.9 Å². The lowest BCUT2D eigenvalue weighted by Gasteiger charge is -2.25. The third-order valence-electron chi connectivity index (χ3n) is 5.27. The van der Waals surface area contributed by atoms with Crippen LogP contribution in [0.4, 0.5) is 5.69 Å². The fourth-order valence-corrected chi connectivity index (χ4v) is 4.33. The molecular formula is C24H18BrClN2O4. The van der Waals surface area contributed by atoms with Gasteiger partial charge in [0.25, 0.3) is 11.7 Å². The van der Waals surface area contributed by atoms with Crippen molar-refractivity contribution in [1.82, 2.24) is 4.98 Å². The van der Waals surface area contributed by atoms with E-state index in [1.165, 1.54) is 12.0 Å². The van der Waals surface area contributed by atoms with Crippen LogP contribution in [0.3, 0.4) is 0 Å². The number of hydrogen-bond donors (Lipinski definition) is 1. The fourth-order valence-electron chi connectivity index (χ4n) is 3.62. The molecule has 2 heterocycles.